The quantitative estimate of drug-likeness (QED) is 0.576. The summed E-state index contributed by atoms with van der Waals surface area (Å²) in [4.78, 5) is 26.2. The van der Waals surface area contributed by atoms with E-state index < -0.39 is 24.0 Å². The van der Waals surface area contributed by atoms with E-state index in [-0.39, 0.29) is 13.0 Å². The molecular weight excluding hydrogens is 228 g/mol. The number of hydrogen-bond acceptors (Lipinski definition) is 5. The van der Waals surface area contributed by atoms with Crippen LogP contribution >= 0.6 is 0 Å². The van der Waals surface area contributed by atoms with E-state index in [9.17, 15) is 9.59 Å². The highest BCUT2D eigenvalue weighted by atomic mass is 16.4. The fourth-order valence-corrected chi connectivity index (χ4v) is 1.22. The molecule has 94 valence electrons. The average Bonchev–Trinajstić information content (AvgIpc) is 2.80. The van der Waals surface area contributed by atoms with Crippen LogP contribution in [0.2, 0.25) is 0 Å². The number of aliphatic hydroxyl groups excluding tert-OH is 1. The number of carbonyl (C=O) groups is 2. The van der Waals surface area contributed by atoms with Gasteiger partial charge in [-0.1, -0.05) is 0 Å². The van der Waals surface area contributed by atoms with Crippen LogP contribution in [0.15, 0.2) is 12.7 Å². The van der Waals surface area contributed by atoms with E-state index >= 15 is 0 Å². The Morgan fingerprint density at radius 1 is 1.53 bits per heavy atom. The minimum atomic E-state index is -1.18. The van der Waals surface area contributed by atoms with Crippen molar-refractivity contribution < 1.29 is 19.8 Å². The third kappa shape index (κ3) is 3.52. The second-order valence-corrected chi connectivity index (χ2v) is 3.46. The third-order valence-electron chi connectivity index (χ3n) is 2.25. The number of nitrogens with zero attached hydrogens (tertiary/aromatic N) is 3. The number of nitrogens with one attached hydrogen (secondary N) is 1. The molecule has 8 heteroatoms. The van der Waals surface area contributed by atoms with Gasteiger partial charge in [-0.15, -0.1) is 0 Å². The maximum atomic E-state index is 11.7. The summed E-state index contributed by atoms with van der Waals surface area (Å²) in [5.41, 5.74) is 0. The van der Waals surface area contributed by atoms with Crippen molar-refractivity contribution in [2.24, 2.45) is 0 Å². The van der Waals surface area contributed by atoms with Gasteiger partial charge in [-0.3, -0.25) is 4.79 Å². The van der Waals surface area contributed by atoms with Crippen molar-refractivity contribution in [1.82, 2.24) is 20.1 Å². The Bertz CT molecular complexity index is 378. The van der Waals surface area contributed by atoms with Crippen LogP contribution in [0.1, 0.15) is 19.4 Å². The SMILES string of the molecule is CC(C(=O)N[C@@H](CCO)C(=O)O)n1cncn1. The fraction of sp³-hybridized carbons (Fsp3) is 0.556. The van der Waals surface area contributed by atoms with Gasteiger partial charge in [0.15, 0.2) is 0 Å². The number of rotatable bonds is 6. The molecule has 0 radical (unpaired) electrons. The summed E-state index contributed by atoms with van der Waals surface area (Å²) in [6.07, 6.45) is 2.61. The minimum absolute atomic E-state index is 0.0366. The van der Waals surface area contributed by atoms with Crippen molar-refractivity contribution in [3.63, 3.8) is 0 Å². The molecule has 0 saturated carbocycles. The maximum Gasteiger partial charge on any atom is 0.326 e. The van der Waals surface area contributed by atoms with Crippen LogP contribution in [0.25, 0.3) is 0 Å². The summed E-state index contributed by atoms with van der Waals surface area (Å²) in [6.45, 7) is 1.26. The number of carboxylic acids is 1. The van der Waals surface area contributed by atoms with Gasteiger partial charge in [-0.25, -0.2) is 14.5 Å². The van der Waals surface area contributed by atoms with Crippen LogP contribution < -0.4 is 5.32 Å². The zero-order valence-corrected chi connectivity index (χ0v) is 9.28. The maximum absolute atomic E-state index is 11.7. The molecule has 17 heavy (non-hydrogen) atoms. The Morgan fingerprint density at radius 2 is 2.24 bits per heavy atom. The number of aromatic nitrogens is 3. The first-order valence-electron chi connectivity index (χ1n) is 5.04. The number of amides is 1. The van der Waals surface area contributed by atoms with Crippen molar-refractivity contribution in [1.29, 1.82) is 0 Å². The first kappa shape index (κ1) is 13.1. The molecule has 0 aliphatic heterocycles. The summed E-state index contributed by atoms with van der Waals surface area (Å²) in [5.74, 6) is -1.67. The lowest BCUT2D eigenvalue weighted by molar-refractivity contribution is -0.142. The molecule has 1 unspecified atom stereocenters. The highest BCUT2D eigenvalue weighted by Crippen LogP contribution is 2.03. The van der Waals surface area contributed by atoms with E-state index in [4.69, 9.17) is 10.2 Å². The van der Waals surface area contributed by atoms with Crippen LogP contribution in [0.4, 0.5) is 0 Å². The van der Waals surface area contributed by atoms with Gasteiger partial charge >= 0.3 is 5.97 Å². The van der Waals surface area contributed by atoms with Crippen molar-refractivity contribution >= 4 is 11.9 Å². The average molecular weight is 242 g/mol. The zero-order chi connectivity index (χ0) is 12.8. The van der Waals surface area contributed by atoms with Crippen molar-refractivity contribution in [2.75, 3.05) is 6.61 Å². The van der Waals surface area contributed by atoms with E-state index in [1.54, 1.807) is 6.92 Å². The minimum Gasteiger partial charge on any atom is -0.480 e. The van der Waals surface area contributed by atoms with Crippen molar-refractivity contribution in [2.45, 2.75) is 25.4 Å². The Hall–Kier alpha value is -1.96. The van der Waals surface area contributed by atoms with E-state index in [0.717, 1.165) is 0 Å². The predicted octanol–water partition coefficient (Wildman–Crippen LogP) is -1.21. The molecule has 1 amide bonds. The Morgan fingerprint density at radius 3 is 2.71 bits per heavy atom. The highest BCUT2D eigenvalue weighted by molar-refractivity contribution is 5.85. The van der Waals surface area contributed by atoms with Crippen LogP contribution in [0.3, 0.4) is 0 Å². The molecule has 3 N–H and O–H groups in total. The van der Waals surface area contributed by atoms with Crippen LogP contribution in [0, 0.1) is 0 Å². The Balaban J connectivity index is 2.61. The number of aliphatic carboxylic acids is 1. The lowest BCUT2D eigenvalue weighted by Crippen LogP contribution is -2.44. The second kappa shape index (κ2) is 5.94. The zero-order valence-electron chi connectivity index (χ0n) is 9.28. The van der Waals surface area contributed by atoms with Crippen LogP contribution in [-0.2, 0) is 9.59 Å². The Kier molecular flexibility index (Phi) is 4.58. The summed E-state index contributed by atoms with van der Waals surface area (Å²) < 4.78 is 1.31. The lowest BCUT2D eigenvalue weighted by atomic mass is 10.2. The summed E-state index contributed by atoms with van der Waals surface area (Å²) >= 11 is 0. The Labute approximate surface area is 97.3 Å². The molecule has 0 saturated heterocycles. The largest absolute Gasteiger partial charge is 0.480 e. The molecule has 1 aromatic rings. The molecule has 0 aromatic carbocycles. The van der Waals surface area contributed by atoms with E-state index in [1.807, 2.05) is 0 Å². The molecule has 2 atom stereocenters. The highest BCUT2D eigenvalue weighted by Gasteiger charge is 2.23. The van der Waals surface area contributed by atoms with E-state index in [2.05, 4.69) is 15.4 Å². The lowest BCUT2D eigenvalue weighted by Gasteiger charge is -2.16. The van der Waals surface area contributed by atoms with Crippen LogP contribution in [0.5, 0.6) is 0 Å². The van der Waals surface area contributed by atoms with E-state index in [0.29, 0.717) is 0 Å². The fourth-order valence-electron chi connectivity index (χ4n) is 1.22. The summed E-state index contributed by atoms with van der Waals surface area (Å²) in [6, 6.07) is -1.75. The number of carboxylic acid groups (broad SMARTS) is 1. The van der Waals surface area contributed by atoms with Gasteiger partial charge in [-0.05, 0) is 6.92 Å². The van der Waals surface area contributed by atoms with Crippen molar-refractivity contribution in [3.8, 4) is 0 Å². The second-order valence-electron chi connectivity index (χ2n) is 3.46. The molecule has 0 bridgehead atoms. The van der Waals surface area contributed by atoms with Crippen LogP contribution in [-0.4, -0.2) is 49.5 Å². The molecule has 0 spiro atoms. The standard InChI is InChI=1S/C9H14N4O4/c1-6(13-5-10-4-11-13)8(15)12-7(2-3-14)9(16)17/h4-7,14H,2-3H2,1H3,(H,12,15)(H,16,17)/t6?,7-/m0/s1. The molecule has 1 rings (SSSR count). The molecule has 8 nitrogen and oxygen atoms in total. The molecule has 1 heterocycles. The number of carbonyl (C=O) groups excluding carboxylic acids is 1. The number of hydrogen-bond donors (Lipinski definition) is 3. The molecule has 0 fully saturated rings. The van der Waals surface area contributed by atoms with Gasteiger partial charge in [0.2, 0.25) is 5.91 Å². The van der Waals surface area contributed by atoms with Crippen molar-refractivity contribution in [3.05, 3.63) is 12.7 Å². The monoisotopic (exact) mass is 242 g/mol. The van der Waals surface area contributed by atoms with E-state index in [1.165, 1.54) is 17.3 Å². The topological polar surface area (TPSA) is 117 Å². The first-order valence-corrected chi connectivity index (χ1v) is 5.04. The first-order chi connectivity index (χ1) is 8.06. The van der Waals surface area contributed by atoms with Gasteiger partial charge in [0.25, 0.3) is 0 Å². The summed E-state index contributed by atoms with van der Waals surface area (Å²) in [5, 5.41) is 23.6. The smallest absolute Gasteiger partial charge is 0.326 e. The molecular formula is C9H14N4O4. The number of aliphatic hydroxyl groups is 1. The predicted molar refractivity (Wildman–Crippen MR) is 56.0 cm³/mol. The molecule has 1 aromatic heterocycles. The molecule has 0 aliphatic carbocycles. The van der Waals surface area contributed by atoms with Gasteiger partial charge in [0.1, 0.15) is 24.7 Å². The summed E-state index contributed by atoms with van der Waals surface area (Å²) in [7, 11) is 0. The molecule has 0 aliphatic rings. The third-order valence-corrected chi connectivity index (χ3v) is 2.25. The van der Waals surface area contributed by atoms with Gasteiger partial charge in [0, 0.05) is 13.0 Å². The normalized spacial score (nSPS) is 14.0. The van der Waals surface area contributed by atoms with Gasteiger partial charge in [0.05, 0.1) is 0 Å². The van der Waals surface area contributed by atoms with Gasteiger partial charge in [-0.2, -0.15) is 5.10 Å². The van der Waals surface area contributed by atoms with Gasteiger partial charge < -0.3 is 15.5 Å².